The van der Waals surface area contributed by atoms with Crippen LogP contribution in [0.4, 0.5) is 5.69 Å². The fraction of sp³-hybridized carbons (Fsp3) is 0.250. The van der Waals surface area contributed by atoms with Gasteiger partial charge in [0.05, 0.1) is 26.6 Å². The number of nitrogens with one attached hydrogen (secondary N) is 2. The number of methoxy groups -OCH3 is 3. The van der Waals surface area contributed by atoms with Crippen LogP contribution in [0.15, 0.2) is 56.8 Å². The summed E-state index contributed by atoms with van der Waals surface area (Å²) in [5, 5.41) is 5.01. The van der Waals surface area contributed by atoms with E-state index >= 15 is 0 Å². The molecule has 0 saturated heterocycles. The number of H-pyrrole nitrogens is 1. The lowest BCUT2D eigenvalue weighted by atomic mass is 10.2. The van der Waals surface area contributed by atoms with Gasteiger partial charge in [-0.2, -0.15) is 0 Å². The van der Waals surface area contributed by atoms with Crippen molar-refractivity contribution in [3.05, 3.63) is 52.9 Å². The average molecular weight is 432 g/mol. The van der Waals surface area contributed by atoms with Gasteiger partial charge in [0.15, 0.2) is 0 Å². The summed E-state index contributed by atoms with van der Waals surface area (Å²) in [6, 6.07) is 12.1. The van der Waals surface area contributed by atoms with Gasteiger partial charge in [-0.1, -0.05) is 0 Å². The lowest BCUT2D eigenvalue weighted by Crippen LogP contribution is -2.37. The molecule has 1 unspecified atom stereocenters. The number of amides is 1. The molecule has 9 nitrogen and oxygen atoms in total. The first-order valence-electron chi connectivity index (χ1n) is 8.93. The molecule has 0 aliphatic heterocycles. The third-order valence-electron chi connectivity index (χ3n) is 4.21. The zero-order valence-corrected chi connectivity index (χ0v) is 17.7. The van der Waals surface area contributed by atoms with Crippen LogP contribution in [0.1, 0.15) is 6.92 Å². The first-order chi connectivity index (χ1) is 14.4. The predicted molar refractivity (Wildman–Crippen MR) is 111 cm³/mol. The molecule has 0 radical (unpaired) electrons. The number of hydrogen-bond donors (Lipinski definition) is 2. The molecule has 0 aliphatic rings. The lowest BCUT2D eigenvalue weighted by Gasteiger charge is -2.12. The number of anilines is 1. The highest BCUT2D eigenvalue weighted by molar-refractivity contribution is 8.00. The van der Waals surface area contributed by atoms with Crippen molar-refractivity contribution < 1.29 is 28.2 Å². The van der Waals surface area contributed by atoms with Crippen LogP contribution in [0.3, 0.4) is 0 Å². The number of nitrogens with zero attached hydrogens (tertiary/aromatic N) is 1. The Morgan fingerprint density at radius 1 is 1.03 bits per heavy atom. The summed E-state index contributed by atoms with van der Waals surface area (Å²) in [4.78, 5) is 24.9. The van der Waals surface area contributed by atoms with Crippen molar-refractivity contribution in [2.24, 2.45) is 0 Å². The molecular weight excluding hydrogens is 410 g/mol. The van der Waals surface area contributed by atoms with Gasteiger partial charge in [0.25, 0.3) is 0 Å². The quantitative estimate of drug-likeness (QED) is 0.416. The van der Waals surface area contributed by atoms with Gasteiger partial charge in [0.2, 0.25) is 11.6 Å². The minimum absolute atomic E-state index is 0.242. The van der Waals surface area contributed by atoms with Gasteiger partial charge < -0.3 is 19.5 Å². The van der Waals surface area contributed by atoms with E-state index in [1.807, 2.05) is 0 Å². The summed E-state index contributed by atoms with van der Waals surface area (Å²) >= 11 is 1.08. The maximum atomic E-state index is 12.7. The molecule has 0 aliphatic carbocycles. The molecule has 3 aromatic rings. The molecule has 0 bridgehead atoms. The molecule has 1 amide bonds. The average Bonchev–Trinajstić information content (AvgIpc) is 3.13. The Balaban J connectivity index is 1.77. The highest BCUT2D eigenvalue weighted by Gasteiger charge is 2.29. The van der Waals surface area contributed by atoms with E-state index < -0.39 is 10.9 Å². The zero-order chi connectivity index (χ0) is 21.7. The molecule has 30 heavy (non-hydrogen) atoms. The van der Waals surface area contributed by atoms with Crippen LogP contribution < -0.4 is 29.8 Å². The Bertz CT molecular complexity index is 1050. The number of thioether (sulfide) groups is 1. The normalized spacial score (nSPS) is 11.6. The minimum atomic E-state index is -0.592. The predicted octanol–water partition coefficient (Wildman–Crippen LogP) is 2.39. The molecule has 2 N–H and O–H groups in total. The van der Waals surface area contributed by atoms with Crippen LogP contribution in [-0.4, -0.2) is 37.8 Å². The number of carbonyl (C=O) groups excluding carboxylic acids is 1. The number of aromatic nitrogens is 2. The molecule has 0 saturated carbocycles. The Kier molecular flexibility index (Phi) is 6.68. The maximum absolute atomic E-state index is 12.7. The third kappa shape index (κ3) is 4.77. The lowest BCUT2D eigenvalue weighted by molar-refractivity contribution is -0.704. The van der Waals surface area contributed by atoms with Crippen LogP contribution in [0.5, 0.6) is 17.2 Å². The summed E-state index contributed by atoms with van der Waals surface area (Å²) in [7, 11) is 4.63. The molecule has 3 rings (SSSR count). The van der Waals surface area contributed by atoms with Gasteiger partial charge in [-0.3, -0.25) is 9.32 Å². The summed E-state index contributed by atoms with van der Waals surface area (Å²) in [5.74, 6) is 1.49. The number of carbonyl (C=O) groups is 1. The second-order valence-corrected chi connectivity index (χ2v) is 7.50. The first kappa shape index (κ1) is 21.3. The Morgan fingerprint density at radius 3 is 2.20 bits per heavy atom. The van der Waals surface area contributed by atoms with Crippen LogP contribution >= 0.6 is 11.8 Å². The van der Waals surface area contributed by atoms with Gasteiger partial charge in [-0.05, 0) is 40.8 Å². The molecule has 1 heterocycles. The zero-order valence-electron chi connectivity index (χ0n) is 16.9. The Morgan fingerprint density at radius 2 is 1.63 bits per heavy atom. The van der Waals surface area contributed by atoms with E-state index in [0.29, 0.717) is 28.6 Å². The van der Waals surface area contributed by atoms with Gasteiger partial charge in [0, 0.05) is 36.0 Å². The maximum Gasteiger partial charge on any atom is 0.442 e. The molecule has 1 aromatic heterocycles. The molecule has 1 atom stereocenters. The second kappa shape index (κ2) is 9.40. The molecule has 158 valence electrons. The van der Waals surface area contributed by atoms with Crippen LogP contribution in [0.2, 0.25) is 0 Å². The van der Waals surface area contributed by atoms with Crippen molar-refractivity contribution >= 4 is 23.4 Å². The van der Waals surface area contributed by atoms with E-state index in [0.717, 1.165) is 11.8 Å². The van der Waals surface area contributed by atoms with E-state index in [-0.39, 0.29) is 10.9 Å². The highest BCUT2D eigenvalue weighted by atomic mass is 32.2. The van der Waals surface area contributed by atoms with Gasteiger partial charge >= 0.3 is 10.7 Å². The fourth-order valence-corrected chi connectivity index (χ4v) is 3.50. The standard InChI is InChI=1S/C20H21N3O6S/c1-12(18(24)21-13-9-16(27-3)11-17(10-13)28-4)30-19-20(25)29-22-23(19)14-5-7-15(26-2)8-6-14/h5-12H,1-4H3,(H-,21,22,24,25)/p+1. The topological polar surface area (TPSA) is 107 Å². The van der Waals surface area contributed by atoms with Gasteiger partial charge in [-0.25, -0.2) is 4.79 Å². The number of hydrogen-bond acceptors (Lipinski definition) is 7. The van der Waals surface area contributed by atoms with E-state index in [1.54, 1.807) is 56.5 Å². The molecule has 0 spiro atoms. The molecule has 0 fully saturated rings. The number of ether oxygens (including phenoxy) is 3. The second-order valence-electron chi connectivity index (χ2n) is 6.17. The van der Waals surface area contributed by atoms with Crippen molar-refractivity contribution in [3.63, 3.8) is 0 Å². The first-order valence-corrected chi connectivity index (χ1v) is 9.81. The number of benzene rings is 2. The highest BCUT2D eigenvalue weighted by Crippen LogP contribution is 2.27. The molecule has 2 aromatic carbocycles. The molecule has 10 heteroatoms. The van der Waals surface area contributed by atoms with Crippen molar-refractivity contribution in [2.75, 3.05) is 26.6 Å². The van der Waals surface area contributed by atoms with Crippen molar-refractivity contribution in [2.45, 2.75) is 17.2 Å². The van der Waals surface area contributed by atoms with Gasteiger partial charge in [0.1, 0.15) is 17.2 Å². The Hall–Kier alpha value is -3.40. The van der Waals surface area contributed by atoms with Gasteiger partial charge in [-0.15, -0.1) is 0 Å². The van der Waals surface area contributed by atoms with Crippen LogP contribution in [0.25, 0.3) is 5.69 Å². The summed E-state index contributed by atoms with van der Waals surface area (Å²) in [6.07, 6.45) is 0. The SMILES string of the molecule is COc1ccc(-[n+]2[nH]oc(=O)c2SC(C)C(=O)Nc2cc(OC)cc(OC)c2)cc1. The largest absolute Gasteiger partial charge is 0.497 e. The Labute approximate surface area is 176 Å². The molecular formula is C20H22N3O6S+. The smallest absolute Gasteiger partial charge is 0.442 e. The van der Waals surface area contributed by atoms with E-state index in [9.17, 15) is 9.59 Å². The minimum Gasteiger partial charge on any atom is -0.497 e. The summed E-state index contributed by atoms with van der Waals surface area (Å²) in [6.45, 7) is 1.70. The van der Waals surface area contributed by atoms with E-state index in [1.165, 1.54) is 18.9 Å². The number of rotatable bonds is 8. The fourth-order valence-electron chi connectivity index (χ4n) is 2.61. The van der Waals surface area contributed by atoms with Crippen molar-refractivity contribution in [3.8, 4) is 22.9 Å². The summed E-state index contributed by atoms with van der Waals surface area (Å²) < 4.78 is 22.0. The van der Waals surface area contributed by atoms with E-state index in [2.05, 4.69) is 10.6 Å². The summed E-state index contributed by atoms with van der Waals surface area (Å²) in [5.41, 5.74) is 0.612. The van der Waals surface area contributed by atoms with Crippen LogP contribution in [-0.2, 0) is 4.79 Å². The van der Waals surface area contributed by atoms with E-state index in [4.69, 9.17) is 18.7 Å². The van der Waals surface area contributed by atoms with Crippen LogP contribution in [0, 0.1) is 0 Å². The number of aromatic amines is 1. The van der Waals surface area contributed by atoms with Crippen molar-refractivity contribution in [1.29, 1.82) is 0 Å². The monoisotopic (exact) mass is 432 g/mol. The third-order valence-corrected chi connectivity index (χ3v) is 5.35. The van der Waals surface area contributed by atoms with Crippen molar-refractivity contribution in [1.82, 2.24) is 5.27 Å².